The van der Waals surface area contributed by atoms with Crippen LogP contribution in [0.15, 0.2) is 53.4 Å². The van der Waals surface area contributed by atoms with Gasteiger partial charge in [0.25, 0.3) is 0 Å². The van der Waals surface area contributed by atoms with Crippen LogP contribution in [0.2, 0.25) is 0 Å². The van der Waals surface area contributed by atoms with Gasteiger partial charge in [-0.15, -0.1) is 11.8 Å². The molecule has 0 radical (unpaired) electrons. The topological polar surface area (TPSA) is 12.0 Å². The first-order chi connectivity index (χ1) is 9.28. The Kier molecular flexibility index (Phi) is 6.20. The fraction of sp³-hybridized carbons (Fsp3) is 0.250. The summed E-state index contributed by atoms with van der Waals surface area (Å²) in [4.78, 5) is 1.34. The average molecular weight is 383 g/mol. The first-order valence-corrected chi connectivity index (χ1v) is 8.51. The zero-order valence-corrected chi connectivity index (χ0v) is 14.0. The third kappa shape index (κ3) is 5.16. The second-order valence-electron chi connectivity index (χ2n) is 4.34. The molecule has 0 atom stereocenters. The van der Waals surface area contributed by atoms with E-state index in [1.165, 1.54) is 19.6 Å². The van der Waals surface area contributed by atoms with Crippen molar-refractivity contribution in [2.24, 2.45) is 0 Å². The van der Waals surface area contributed by atoms with Gasteiger partial charge in [-0.05, 0) is 64.5 Å². The molecule has 0 saturated carbocycles. The van der Waals surface area contributed by atoms with E-state index in [9.17, 15) is 0 Å². The average Bonchev–Trinajstić information content (AvgIpc) is 2.45. The molecular formula is C16H18INS. The van der Waals surface area contributed by atoms with Crippen molar-refractivity contribution in [3.05, 3.63) is 63.2 Å². The van der Waals surface area contributed by atoms with Crippen LogP contribution < -0.4 is 5.32 Å². The maximum absolute atomic E-state index is 3.36. The predicted molar refractivity (Wildman–Crippen MR) is 92.5 cm³/mol. The van der Waals surface area contributed by atoms with Crippen molar-refractivity contribution < 1.29 is 0 Å². The summed E-state index contributed by atoms with van der Waals surface area (Å²) >= 11 is 4.24. The number of rotatable bonds is 6. The Morgan fingerprint density at radius 1 is 1.05 bits per heavy atom. The minimum atomic E-state index is 0.953. The summed E-state index contributed by atoms with van der Waals surface area (Å²) in [6.45, 7) is 4.10. The highest BCUT2D eigenvalue weighted by molar-refractivity contribution is 14.1. The van der Waals surface area contributed by atoms with Crippen LogP contribution in [0.4, 0.5) is 0 Å². The van der Waals surface area contributed by atoms with Crippen molar-refractivity contribution >= 4 is 34.4 Å². The summed E-state index contributed by atoms with van der Waals surface area (Å²) in [5.74, 6) is 1.03. The van der Waals surface area contributed by atoms with E-state index in [2.05, 4.69) is 83.4 Å². The first-order valence-electron chi connectivity index (χ1n) is 6.45. The number of halogens is 1. The van der Waals surface area contributed by atoms with E-state index in [0.29, 0.717) is 0 Å². The Morgan fingerprint density at radius 3 is 2.58 bits per heavy atom. The maximum Gasteiger partial charge on any atom is 0.0232 e. The van der Waals surface area contributed by atoms with Crippen molar-refractivity contribution in [1.29, 1.82) is 0 Å². The summed E-state index contributed by atoms with van der Waals surface area (Å²) in [5.41, 5.74) is 2.73. The van der Waals surface area contributed by atoms with E-state index >= 15 is 0 Å². The van der Waals surface area contributed by atoms with Crippen LogP contribution >= 0.6 is 34.4 Å². The minimum Gasteiger partial charge on any atom is -0.313 e. The van der Waals surface area contributed by atoms with Crippen LogP contribution in [0.3, 0.4) is 0 Å². The lowest BCUT2D eigenvalue weighted by molar-refractivity contribution is 0.725. The van der Waals surface area contributed by atoms with E-state index in [-0.39, 0.29) is 0 Å². The number of benzene rings is 2. The van der Waals surface area contributed by atoms with E-state index in [1.54, 1.807) is 0 Å². The molecule has 0 unspecified atom stereocenters. The van der Waals surface area contributed by atoms with Gasteiger partial charge in [-0.1, -0.05) is 31.2 Å². The second-order valence-corrected chi connectivity index (χ2v) is 6.64. The molecule has 1 nitrogen and oxygen atoms in total. The van der Waals surface area contributed by atoms with Crippen LogP contribution in [0, 0.1) is 3.57 Å². The largest absolute Gasteiger partial charge is 0.313 e. The molecule has 19 heavy (non-hydrogen) atoms. The number of nitrogens with one attached hydrogen (secondary N) is 1. The fourth-order valence-electron chi connectivity index (χ4n) is 1.76. The van der Waals surface area contributed by atoms with E-state index in [1.807, 2.05) is 11.8 Å². The van der Waals surface area contributed by atoms with Gasteiger partial charge in [-0.25, -0.2) is 0 Å². The molecule has 0 aromatic heterocycles. The van der Waals surface area contributed by atoms with Crippen LogP contribution in [-0.2, 0) is 12.3 Å². The standard InChI is InChI=1S/C16H18INS/c1-2-18-11-14-4-3-5-16(10-14)19-12-13-6-8-15(17)9-7-13/h3-10,18H,2,11-12H2,1H3. The molecule has 0 aliphatic heterocycles. The molecule has 0 heterocycles. The van der Waals surface area contributed by atoms with Gasteiger partial charge in [0.05, 0.1) is 0 Å². The molecule has 0 aliphatic rings. The molecule has 2 rings (SSSR count). The fourth-order valence-corrected chi connectivity index (χ4v) is 3.06. The third-order valence-corrected chi connectivity index (χ3v) is 4.58. The van der Waals surface area contributed by atoms with Gasteiger partial charge in [-0.3, -0.25) is 0 Å². The molecule has 2 aromatic rings. The quantitative estimate of drug-likeness (QED) is 0.574. The highest BCUT2D eigenvalue weighted by Crippen LogP contribution is 2.24. The van der Waals surface area contributed by atoms with Crippen LogP contribution in [0.25, 0.3) is 0 Å². The molecule has 0 saturated heterocycles. The van der Waals surface area contributed by atoms with E-state index < -0.39 is 0 Å². The van der Waals surface area contributed by atoms with Gasteiger partial charge in [-0.2, -0.15) is 0 Å². The SMILES string of the molecule is CCNCc1cccc(SCc2ccc(I)cc2)c1. The molecule has 0 bridgehead atoms. The normalized spacial score (nSPS) is 10.6. The Hall–Kier alpha value is -0.520. The molecule has 3 heteroatoms. The zero-order chi connectivity index (χ0) is 13.5. The predicted octanol–water partition coefficient (Wildman–Crippen LogP) is 4.69. The molecule has 0 spiro atoms. The summed E-state index contributed by atoms with van der Waals surface area (Å²) in [7, 11) is 0. The van der Waals surface area contributed by atoms with Gasteiger partial charge in [0.1, 0.15) is 0 Å². The van der Waals surface area contributed by atoms with Gasteiger partial charge in [0.2, 0.25) is 0 Å². The molecule has 0 fully saturated rings. The summed E-state index contributed by atoms with van der Waals surface area (Å²) in [6, 6.07) is 17.5. The number of hydrogen-bond donors (Lipinski definition) is 1. The van der Waals surface area contributed by atoms with Gasteiger partial charge in [0.15, 0.2) is 0 Å². The highest BCUT2D eigenvalue weighted by atomic mass is 127. The molecule has 1 N–H and O–H groups in total. The molecule has 2 aromatic carbocycles. The van der Waals surface area contributed by atoms with Crippen molar-refractivity contribution in [3.8, 4) is 0 Å². The Bertz CT molecular complexity index is 510. The Labute approximate surface area is 133 Å². The summed E-state index contributed by atoms with van der Waals surface area (Å²) < 4.78 is 1.29. The van der Waals surface area contributed by atoms with E-state index in [0.717, 1.165) is 18.8 Å². The zero-order valence-electron chi connectivity index (χ0n) is 11.0. The molecule has 0 amide bonds. The van der Waals surface area contributed by atoms with Crippen molar-refractivity contribution in [3.63, 3.8) is 0 Å². The van der Waals surface area contributed by atoms with Crippen LogP contribution in [0.1, 0.15) is 18.1 Å². The lowest BCUT2D eigenvalue weighted by Gasteiger charge is -2.06. The van der Waals surface area contributed by atoms with Gasteiger partial charge in [0, 0.05) is 20.8 Å². The Balaban J connectivity index is 1.93. The molecular weight excluding hydrogens is 365 g/mol. The minimum absolute atomic E-state index is 0.953. The monoisotopic (exact) mass is 383 g/mol. The van der Waals surface area contributed by atoms with Gasteiger partial charge >= 0.3 is 0 Å². The van der Waals surface area contributed by atoms with Crippen LogP contribution in [-0.4, -0.2) is 6.54 Å². The second kappa shape index (κ2) is 7.92. The number of thioether (sulfide) groups is 1. The van der Waals surface area contributed by atoms with Crippen LogP contribution in [0.5, 0.6) is 0 Å². The molecule has 100 valence electrons. The highest BCUT2D eigenvalue weighted by Gasteiger charge is 1.98. The Morgan fingerprint density at radius 2 is 1.84 bits per heavy atom. The van der Waals surface area contributed by atoms with Crippen molar-refractivity contribution in [2.45, 2.75) is 24.1 Å². The first kappa shape index (κ1) is 14.9. The lowest BCUT2D eigenvalue weighted by Crippen LogP contribution is -2.11. The van der Waals surface area contributed by atoms with Crippen molar-refractivity contribution in [2.75, 3.05) is 6.54 Å². The van der Waals surface area contributed by atoms with E-state index in [4.69, 9.17) is 0 Å². The maximum atomic E-state index is 3.36. The summed E-state index contributed by atoms with van der Waals surface area (Å²) in [5, 5.41) is 3.36. The van der Waals surface area contributed by atoms with Gasteiger partial charge < -0.3 is 5.32 Å². The molecule has 0 aliphatic carbocycles. The number of hydrogen-bond acceptors (Lipinski definition) is 2. The third-order valence-electron chi connectivity index (χ3n) is 2.80. The summed E-state index contributed by atoms with van der Waals surface area (Å²) in [6.07, 6.45) is 0. The smallest absolute Gasteiger partial charge is 0.0232 e. The van der Waals surface area contributed by atoms with Crippen molar-refractivity contribution in [1.82, 2.24) is 5.32 Å². The lowest BCUT2D eigenvalue weighted by atomic mass is 10.2.